The van der Waals surface area contributed by atoms with Gasteiger partial charge in [-0.05, 0) is 0 Å². The van der Waals surface area contributed by atoms with Crippen molar-refractivity contribution in [2.24, 2.45) is 0 Å². The van der Waals surface area contributed by atoms with Crippen molar-refractivity contribution in [2.45, 2.75) is 58.7 Å². The molecule has 9 nitrogen and oxygen atoms in total. The molecule has 0 bridgehead atoms. The number of esters is 4. The minimum absolute atomic E-state index is 0.0447. The Hall–Kier alpha value is -2.16. The van der Waals surface area contributed by atoms with Gasteiger partial charge >= 0.3 is 23.9 Å². The fourth-order valence-electron chi connectivity index (χ4n) is 2.11. The lowest BCUT2D eigenvalue weighted by atomic mass is 10.0. The quantitative estimate of drug-likeness (QED) is 0.510. The summed E-state index contributed by atoms with van der Waals surface area (Å²) in [5, 5.41) is 0. The van der Waals surface area contributed by atoms with E-state index >= 15 is 0 Å². The van der Waals surface area contributed by atoms with Crippen LogP contribution in [0.3, 0.4) is 0 Å². The first-order valence-electron chi connectivity index (χ1n) is 6.99. The van der Waals surface area contributed by atoms with Gasteiger partial charge in [0.2, 0.25) is 6.29 Å². The molecule has 0 aromatic heterocycles. The Morgan fingerprint density at radius 3 is 1.83 bits per heavy atom. The normalized spacial score (nSPS) is 26.8. The number of carbonyl (C=O) groups excluding carboxylic acids is 4. The summed E-state index contributed by atoms with van der Waals surface area (Å²) < 4.78 is 25.5. The van der Waals surface area contributed by atoms with Crippen LogP contribution in [0.4, 0.5) is 0 Å². The Balaban J connectivity index is 2.89. The van der Waals surface area contributed by atoms with Crippen molar-refractivity contribution in [3.63, 3.8) is 0 Å². The number of carbonyl (C=O) groups is 4. The lowest BCUT2D eigenvalue weighted by Gasteiger charge is -2.39. The molecule has 1 saturated heterocycles. The standard InChI is InChI=1S/C14H20O9/c1-7(15)19-6-13-11(20-8(2)16)5-12(21-9(3)17)14(23-13)22-10(4)18/h11-14H,5-6H2,1-4H3/t11-,12+,13+,14+/m1/s1. The number of hydrogen-bond donors (Lipinski definition) is 0. The Kier molecular flexibility index (Phi) is 6.95. The Morgan fingerprint density at radius 2 is 1.35 bits per heavy atom. The van der Waals surface area contributed by atoms with Crippen LogP contribution >= 0.6 is 0 Å². The van der Waals surface area contributed by atoms with Gasteiger partial charge in [-0.3, -0.25) is 19.2 Å². The summed E-state index contributed by atoms with van der Waals surface area (Å²) in [6.45, 7) is 4.60. The van der Waals surface area contributed by atoms with E-state index in [1.54, 1.807) is 0 Å². The van der Waals surface area contributed by atoms with Crippen LogP contribution in [0.2, 0.25) is 0 Å². The average Bonchev–Trinajstić information content (AvgIpc) is 2.38. The zero-order valence-corrected chi connectivity index (χ0v) is 13.4. The molecule has 1 rings (SSSR count). The van der Waals surface area contributed by atoms with Gasteiger partial charge in [-0.25, -0.2) is 0 Å². The molecule has 0 radical (unpaired) electrons. The van der Waals surface area contributed by atoms with Crippen molar-refractivity contribution in [3.05, 3.63) is 0 Å². The van der Waals surface area contributed by atoms with Crippen molar-refractivity contribution in [1.82, 2.24) is 0 Å². The third kappa shape index (κ3) is 6.64. The van der Waals surface area contributed by atoms with Crippen molar-refractivity contribution in [1.29, 1.82) is 0 Å². The molecule has 1 fully saturated rings. The number of rotatable bonds is 5. The van der Waals surface area contributed by atoms with Crippen LogP contribution in [0.5, 0.6) is 0 Å². The van der Waals surface area contributed by atoms with Crippen LogP contribution in [-0.2, 0) is 42.9 Å². The molecule has 0 saturated carbocycles. The fourth-order valence-corrected chi connectivity index (χ4v) is 2.11. The average molecular weight is 332 g/mol. The highest BCUT2D eigenvalue weighted by atomic mass is 16.7. The largest absolute Gasteiger partial charge is 0.463 e. The van der Waals surface area contributed by atoms with Gasteiger partial charge in [0.25, 0.3) is 0 Å². The first kappa shape index (κ1) is 18.9. The van der Waals surface area contributed by atoms with E-state index in [1.807, 2.05) is 0 Å². The van der Waals surface area contributed by atoms with Gasteiger partial charge in [0.15, 0.2) is 6.10 Å². The summed E-state index contributed by atoms with van der Waals surface area (Å²) in [4.78, 5) is 44.5. The summed E-state index contributed by atoms with van der Waals surface area (Å²) in [5.74, 6) is -2.35. The monoisotopic (exact) mass is 332 g/mol. The van der Waals surface area contributed by atoms with E-state index < -0.39 is 48.5 Å². The molecule has 1 heterocycles. The molecular formula is C14H20O9. The minimum atomic E-state index is -1.18. The zero-order valence-electron chi connectivity index (χ0n) is 13.4. The number of ether oxygens (including phenoxy) is 5. The highest BCUT2D eigenvalue weighted by molar-refractivity contribution is 5.68. The van der Waals surface area contributed by atoms with Crippen LogP contribution in [0, 0.1) is 0 Å². The molecule has 0 N–H and O–H groups in total. The van der Waals surface area contributed by atoms with Crippen molar-refractivity contribution in [3.8, 4) is 0 Å². The summed E-state index contributed by atoms with van der Waals surface area (Å²) in [5.41, 5.74) is 0. The van der Waals surface area contributed by atoms with E-state index in [0.29, 0.717) is 0 Å². The Labute approximate surface area is 133 Å². The maximum atomic E-state index is 11.2. The van der Waals surface area contributed by atoms with Crippen LogP contribution in [0.1, 0.15) is 34.1 Å². The summed E-state index contributed by atoms with van der Waals surface area (Å²) in [7, 11) is 0. The molecular weight excluding hydrogens is 312 g/mol. The summed E-state index contributed by atoms with van der Waals surface area (Å²) >= 11 is 0. The highest BCUT2D eigenvalue weighted by Crippen LogP contribution is 2.26. The molecule has 0 aromatic rings. The maximum Gasteiger partial charge on any atom is 0.305 e. The molecule has 0 unspecified atom stereocenters. The smallest absolute Gasteiger partial charge is 0.305 e. The molecule has 1 aliphatic rings. The predicted molar refractivity (Wildman–Crippen MR) is 72.8 cm³/mol. The lowest BCUT2D eigenvalue weighted by molar-refractivity contribution is -0.270. The van der Waals surface area contributed by atoms with Gasteiger partial charge < -0.3 is 23.7 Å². The molecule has 0 spiro atoms. The van der Waals surface area contributed by atoms with E-state index in [0.717, 1.165) is 0 Å². The first-order valence-corrected chi connectivity index (χ1v) is 6.99. The SMILES string of the molecule is CC(=O)OC[C@@H]1O[C@H](OC(C)=O)[C@@H](OC(C)=O)C[C@H]1OC(C)=O. The van der Waals surface area contributed by atoms with Gasteiger partial charge in [-0.1, -0.05) is 0 Å². The van der Waals surface area contributed by atoms with Crippen LogP contribution in [-0.4, -0.2) is 55.1 Å². The molecule has 9 heteroatoms. The van der Waals surface area contributed by atoms with E-state index in [2.05, 4.69) is 0 Å². The molecule has 4 atom stereocenters. The van der Waals surface area contributed by atoms with E-state index in [1.165, 1.54) is 27.7 Å². The summed E-state index contributed by atoms with van der Waals surface area (Å²) in [6, 6.07) is 0. The summed E-state index contributed by atoms with van der Waals surface area (Å²) in [6.07, 6.45) is -3.73. The zero-order chi connectivity index (χ0) is 17.6. The Bertz CT molecular complexity index is 473. The second kappa shape index (κ2) is 8.47. The second-order valence-electron chi connectivity index (χ2n) is 4.99. The van der Waals surface area contributed by atoms with Gasteiger partial charge in [0, 0.05) is 34.1 Å². The second-order valence-corrected chi connectivity index (χ2v) is 4.99. The molecule has 130 valence electrons. The van der Waals surface area contributed by atoms with E-state index in [-0.39, 0.29) is 13.0 Å². The van der Waals surface area contributed by atoms with Gasteiger partial charge in [-0.2, -0.15) is 0 Å². The van der Waals surface area contributed by atoms with Gasteiger partial charge in [-0.15, -0.1) is 0 Å². The van der Waals surface area contributed by atoms with E-state index in [4.69, 9.17) is 23.7 Å². The van der Waals surface area contributed by atoms with Crippen LogP contribution in [0.15, 0.2) is 0 Å². The third-order valence-electron chi connectivity index (χ3n) is 2.86. The molecule has 0 aliphatic carbocycles. The van der Waals surface area contributed by atoms with Gasteiger partial charge in [0.1, 0.15) is 18.8 Å². The van der Waals surface area contributed by atoms with Crippen molar-refractivity contribution in [2.75, 3.05) is 6.61 Å². The predicted octanol–water partition coefficient (Wildman–Crippen LogP) is 0.0910. The first-order chi connectivity index (χ1) is 10.7. The topological polar surface area (TPSA) is 114 Å². The highest BCUT2D eigenvalue weighted by Gasteiger charge is 2.43. The van der Waals surface area contributed by atoms with Crippen LogP contribution < -0.4 is 0 Å². The molecule has 0 aromatic carbocycles. The van der Waals surface area contributed by atoms with Crippen molar-refractivity contribution >= 4 is 23.9 Å². The molecule has 23 heavy (non-hydrogen) atoms. The third-order valence-corrected chi connectivity index (χ3v) is 2.86. The van der Waals surface area contributed by atoms with E-state index in [9.17, 15) is 19.2 Å². The molecule has 0 amide bonds. The van der Waals surface area contributed by atoms with Crippen LogP contribution in [0.25, 0.3) is 0 Å². The minimum Gasteiger partial charge on any atom is -0.463 e. The molecule has 1 aliphatic heterocycles. The number of hydrogen-bond acceptors (Lipinski definition) is 9. The van der Waals surface area contributed by atoms with Crippen molar-refractivity contribution < 1.29 is 42.9 Å². The van der Waals surface area contributed by atoms with Gasteiger partial charge in [0.05, 0.1) is 0 Å². The maximum absolute atomic E-state index is 11.2. The lowest BCUT2D eigenvalue weighted by Crippen LogP contribution is -2.53. The Morgan fingerprint density at radius 1 is 0.826 bits per heavy atom. The fraction of sp³-hybridized carbons (Fsp3) is 0.714.